The molecule has 0 aliphatic carbocycles. The van der Waals surface area contributed by atoms with E-state index < -0.39 is 0 Å². The predicted molar refractivity (Wildman–Crippen MR) is 134 cm³/mol. The van der Waals surface area contributed by atoms with Gasteiger partial charge in [0, 0.05) is 36.2 Å². The molecule has 3 rings (SSSR count). The molecule has 8 heteroatoms. The van der Waals surface area contributed by atoms with Gasteiger partial charge in [0.25, 0.3) is 5.56 Å². The second-order valence-electron chi connectivity index (χ2n) is 8.20. The predicted octanol–water partition coefficient (Wildman–Crippen LogP) is 3.12. The van der Waals surface area contributed by atoms with Crippen LogP contribution in [0.2, 0.25) is 0 Å². The number of H-pyrrole nitrogens is 1. The lowest BCUT2D eigenvalue weighted by molar-refractivity contribution is 0.0896. The van der Waals surface area contributed by atoms with Gasteiger partial charge >= 0.3 is 0 Å². The Morgan fingerprint density at radius 2 is 2.12 bits per heavy atom. The Balaban J connectivity index is 1.71. The van der Waals surface area contributed by atoms with E-state index in [-0.39, 0.29) is 11.7 Å². The second-order valence-corrected chi connectivity index (χ2v) is 8.59. The summed E-state index contributed by atoms with van der Waals surface area (Å²) in [6.45, 7) is 10.2. The van der Waals surface area contributed by atoms with Crippen LogP contribution in [0.5, 0.6) is 5.75 Å². The fraction of sp³-hybridized carbons (Fsp3) is 0.583. The summed E-state index contributed by atoms with van der Waals surface area (Å²) < 4.78 is 11.2. The highest BCUT2D eigenvalue weighted by Crippen LogP contribution is 2.20. The van der Waals surface area contributed by atoms with E-state index in [9.17, 15) is 4.79 Å². The molecule has 176 valence electrons. The molecule has 0 bridgehead atoms. The molecule has 1 aliphatic heterocycles. The van der Waals surface area contributed by atoms with Crippen molar-refractivity contribution in [1.82, 2.24) is 20.1 Å². The molecular weight excluding hydrogens is 424 g/mol. The molecule has 1 atom stereocenters. The number of benzene rings is 1. The van der Waals surface area contributed by atoms with Crippen molar-refractivity contribution >= 4 is 28.2 Å². The summed E-state index contributed by atoms with van der Waals surface area (Å²) in [5, 5.41) is 5.01. The number of pyridine rings is 1. The van der Waals surface area contributed by atoms with E-state index in [1.807, 2.05) is 24.3 Å². The highest BCUT2D eigenvalue weighted by molar-refractivity contribution is 7.80. The summed E-state index contributed by atoms with van der Waals surface area (Å²) in [5.41, 5.74) is 1.38. The number of nitrogens with one attached hydrogen (secondary N) is 2. The number of ether oxygens (including phenoxy) is 2. The van der Waals surface area contributed by atoms with E-state index in [2.05, 4.69) is 33.9 Å². The maximum atomic E-state index is 12.8. The third-order valence-corrected chi connectivity index (χ3v) is 6.45. The van der Waals surface area contributed by atoms with Gasteiger partial charge in [0.1, 0.15) is 5.75 Å². The SMILES string of the molecule is CCN(CC)CCCNC(=S)N(Cc1cc2cc(OC)ccc2[nH]c1=O)C[C@@H]1CCCO1. The van der Waals surface area contributed by atoms with Gasteiger partial charge in [-0.3, -0.25) is 4.79 Å². The van der Waals surface area contributed by atoms with Crippen LogP contribution in [0, 0.1) is 0 Å². The molecule has 1 aromatic heterocycles. The van der Waals surface area contributed by atoms with E-state index in [1.54, 1.807) is 7.11 Å². The molecule has 0 unspecified atom stereocenters. The summed E-state index contributed by atoms with van der Waals surface area (Å²) in [5.74, 6) is 0.761. The van der Waals surface area contributed by atoms with Crippen molar-refractivity contribution in [2.24, 2.45) is 0 Å². The molecule has 1 aromatic carbocycles. The van der Waals surface area contributed by atoms with Gasteiger partial charge in [-0.25, -0.2) is 0 Å². The number of methoxy groups -OCH3 is 1. The van der Waals surface area contributed by atoms with Crippen molar-refractivity contribution in [2.45, 2.75) is 45.8 Å². The van der Waals surface area contributed by atoms with E-state index in [0.717, 1.165) is 68.7 Å². The molecule has 2 aromatic rings. The second kappa shape index (κ2) is 12.2. The minimum absolute atomic E-state index is 0.0932. The van der Waals surface area contributed by atoms with Crippen LogP contribution in [0.3, 0.4) is 0 Å². The van der Waals surface area contributed by atoms with Crippen molar-refractivity contribution in [3.63, 3.8) is 0 Å². The Hall–Kier alpha value is -2.16. The van der Waals surface area contributed by atoms with Crippen LogP contribution in [0.1, 0.15) is 38.7 Å². The van der Waals surface area contributed by atoms with Gasteiger partial charge in [-0.15, -0.1) is 0 Å². The average Bonchev–Trinajstić information content (AvgIpc) is 3.32. The van der Waals surface area contributed by atoms with Gasteiger partial charge < -0.3 is 29.6 Å². The Morgan fingerprint density at radius 1 is 1.31 bits per heavy atom. The topological polar surface area (TPSA) is 69.8 Å². The van der Waals surface area contributed by atoms with Gasteiger partial charge in [-0.2, -0.15) is 0 Å². The van der Waals surface area contributed by atoms with Crippen LogP contribution in [-0.4, -0.2) is 72.4 Å². The fourth-order valence-electron chi connectivity index (χ4n) is 4.08. The number of thiocarbonyl (C=S) groups is 1. The maximum Gasteiger partial charge on any atom is 0.253 e. The van der Waals surface area contributed by atoms with E-state index >= 15 is 0 Å². The lowest BCUT2D eigenvalue weighted by Gasteiger charge is -2.28. The van der Waals surface area contributed by atoms with Gasteiger partial charge in [-0.1, -0.05) is 13.8 Å². The molecule has 0 spiro atoms. The van der Waals surface area contributed by atoms with Gasteiger partial charge in [0.15, 0.2) is 5.11 Å². The molecule has 2 heterocycles. The molecule has 32 heavy (non-hydrogen) atoms. The van der Waals surface area contributed by atoms with E-state index in [4.69, 9.17) is 21.7 Å². The van der Waals surface area contributed by atoms with Crippen LogP contribution in [0.15, 0.2) is 29.1 Å². The number of hydrogen-bond donors (Lipinski definition) is 2. The minimum atomic E-state index is -0.0932. The van der Waals surface area contributed by atoms with Crippen LogP contribution in [-0.2, 0) is 11.3 Å². The lowest BCUT2D eigenvalue weighted by atomic mass is 10.1. The summed E-state index contributed by atoms with van der Waals surface area (Å²) >= 11 is 5.74. The van der Waals surface area contributed by atoms with Crippen LogP contribution < -0.4 is 15.6 Å². The molecule has 0 saturated carbocycles. The number of aromatic nitrogens is 1. The first-order chi connectivity index (χ1) is 15.5. The minimum Gasteiger partial charge on any atom is -0.497 e. The van der Waals surface area contributed by atoms with Gasteiger partial charge in [0.2, 0.25) is 0 Å². The number of aromatic amines is 1. The Kier molecular flexibility index (Phi) is 9.32. The van der Waals surface area contributed by atoms with Crippen LogP contribution >= 0.6 is 12.2 Å². The Bertz CT molecular complexity index is 938. The smallest absolute Gasteiger partial charge is 0.253 e. The molecule has 7 nitrogen and oxygen atoms in total. The first kappa shape index (κ1) is 24.5. The molecule has 1 saturated heterocycles. The molecule has 1 fully saturated rings. The zero-order valence-electron chi connectivity index (χ0n) is 19.5. The number of nitrogens with zero attached hydrogens (tertiary/aromatic N) is 2. The fourth-order valence-corrected chi connectivity index (χ4v) is 4.32. The van der Waals surface area contributed by atoms with Crippen LogP contribution in [0.25, 0.3) is 10.9 Å². The zero-order chi connectivity index (χ0) is 22.9. The summed E-state index contributed by atoms with van der Waals surface area (Å²) in [7, 11) is 1.64. The van der Waals surface area contributed by atoms with Gasteiger partial charge in [-0.05, 0) is 75.4 Å². The summed E-state index contributed by atoms with van der Waals surface area (Å²) in [4.78, 5) is 20.2. The largest absolute Gasteiger partial charge is 0.497 e. The normalized spacial score (nSPS) is 15.9. The van der Waals surface area contributed by atoms with Crippen molar-refractivity contribution in [2.75, 3.05) is 46.4 Å². The first-order valence-corrected chi connectivity index (χ1v) is 12.0. The first-order valence-electron chi connectivity index (χ1n) is 11.6. The highest BCUT2D eigenvalue weighted by atomic mass is 32.1. The Labute approximate surface area is 196 Å². The van der Waals surface area contributed by atoms with E-state index in [0.29, 0.717) is 23.8 Å². The number of rotatable bonds is 11. The molecular formula is C24H36N4O3S. The molecule has 0 amide bonds. The molecule has 2 N–H and O–H groups in total. The molecule has 0 radical (unpaired) electrons. The summed E-state index contributed by atoms with van der Waals surface area (Å²) in [6.07, 6.45) is 3.25. The molecule has 1 aliphatic rings. The monoisotopic (exact) mass is 460 g/mol. The quantitative estimate of drug-likeness (QED) is 0.394. The maximum absolute atomic E-state index is 12.8. The highest BCUT2D eigenvalue weighted by Gasteiger charge is 2.22. The summed E-state index contributed by atoms with van der Waals surface area (Å²) in [6, 6.07) is 7.58. The third-order valence-electron chi connectivity index (χ3n) is 6.05. The van der Waals surface area contributed by atoms with Crippen LogP contribution in [0.4, 0.5) is 0 Å². The Morgan fingerprint density at radius 3 is 2.81 bits per heavy atom. The van der Waals surface area contributed by atoms with E-state index in [1.165, 1.54) is 0 Å². The van der Waals surface area contributed by atoms with Crippen molar-refractivity contribution in [3.05, 3.63) is 40.2 Å². The lowest BCUT2D eigenvalue weighted by Crippen LogP contribution is -2.44. The van der Waals surface area contributed by atoms with Gasteiger partial charge in [0.05, 0.1) is 19.8 Å². The zero-order valence-corrected chi connectivity index (χ0v) is 20.3. The van der Waals surface area contributed by atoms with Crippen molar-refractivity contribution in [1.29, 1.82) is 0 Å². The van der Waals surface area contributed by atoms with Crippen molar-refractivity contribution < 1.29 is 9.47 Å². The third kappa shape index (κ3) is 6.67. The average molecular weight is 461 g/mol. The van der Waals surface area contributed by atoms with Crippen molar-refractivity contribution in [3.8, 4) is 5.75 Å². The number of hydrogen-bond acceptors (Lipinski definition) is 5. The number of fused-ring (bicyclic) bond motifs is 1. The standard InChI is InChI=1S/C24H36N4O3S/c1-4-27(5-2)12-7-11-25-24(32)28(17-21-8-6-13-31-21)16-19-14-18-15-20(30-3)9-10-22(18)26-23(19)29/h9-10,14-15,21H,4-8,11-13,16-17H2,1-3H3,(H,25,32)(H,26,29)/t21-/m0/s1.